The second-order valence-electron chi connectivity index (χ2n) is 4.67. The molecule has 0 spiro atoms. The van der Waals surface area contributed by atoms with Crippen molar-refractivity contribution in [2.45, 2.75) is 13.3 Å². The third-order valence-corrected chi connectivity index (χ3v) is 3.63. The Labute approximate surface area is 127 Å². The largest absolute Gasteiger partial charge is 0.398 e. The molecule has 1 heterocycles. The predicted molar refractivity (Wildman–Crippen MR) is 83.4 cm³/mol. The van der Waals surface area contributed by atoms with Gasteiger partial charge in [0.25, 0.3) is 0 Å². The Hall–Kier alpha value is -2.40. The minimum atomic E-state index is 0.506. The topological polar surface area (TPSA) is 69.6 Å². The number of nitrogens with zero attached hydrogens (tertiary/aromatic N) is 4. The molecule has 2 N–H and O–H groups in total. The van der Waals surface area contributed by atoms with Gasteiger partial charge in [-0.3, -0.25) is 0 Å². The molecule has 0 unspecified atom stereocenters. The van der Waals surface area contributed by atoms with Crippen molar-refractivity contribution in [1.82, 2.24) is 20.2 Å². The molecule has 1 aromatic heterocycles. The van der Waals surface area contributed by atoms with Gasteiger partial charge in [-0.2, -0.15) is 4.68 Å². The highest BCUT2D eigenvalue weighted by Crippen LogP contribution is 2.26. The summed E-state index contributed by atoms with van der Waals surface area (Å²) < 4.78 is 1.70. The molecule has 0 fully saturated rings. The van der Waals surface area contributed by atoms with Gasteiger partial charge in [-0.15, -0.1) is 5.10 Å². The molecule has 0 aliphatic heterocycles. The molecule has 0 bridgehead atoms. The molecule has 0 aliphatic rings. The Bertz CT molecular complexity index is 781. The Morgan fingerprint density at radius 1 is 1.19 bits per heavy atom. The standard InChI is InChI=1S/C15H14ClN5/c1-2-10-4-3-5-12(8-10)21-15(18-19-20-21)11-6-7-13(16)14(17)9-11/h3-9H,2,17H2,1H3. The number of halogens is 1. The Balaban J connectivity index is 2.09. The van der Waals surface area contributed by atoms with Gasteiger partial charge in [-0.1, -0.05) is 30.7 Å². The lowest BCUT2D eigenvalue weighted by atomic mass is 10.1. The molecule has 0 amide bonds. The molecule has 0 radical (unpaired) electrons. The summed E-state index contributed by atoms with van der Waals surface area (Å²) in [6, 6.07) is 13.5. The molecule has 0 aliphatic carbocycles. The molecule has 0 atom stereocenters. The summed E-state index contributed by atoms with van der Waals surface area (Å²) in [5.41, 5.74) is 9.33. The summed E-state index contributed by atoms with van der Waals surface area (Å²) in [5.74, 6) is 0.631. The highest BCUT2D eigenvalue weighted by Gasteiger charge is 2.12. The lowest BCUT2D eigenvalue weighted by molar-refractivity contribution is 0.790. The molecule has 0 saturated carbocycles. The second kappa shape index (κ2) is 5.54. The highest BCUT2D eigenvalue weighted by atomic mass is 35.5. The summed E-state index contributed by atoms with van der Waals surface area (Å²) in [6.45, 7) is 2.11. The molecular formula is C15H14ClN5. The average molecular weight is 300 g/mol. The van der Waals surface area contributed by atoms with Gasteiger partial charge in [0.2, 0.25) is 0 Å². The van der Waals surface area contributed by atoms with E-state index in [9.17, 15) is 0 Å². The third kappa shape index (κ3) is 2.60. The van der Waals surface area contributed by atoms with Crippen molar-refractivity contribution in [2.24, 2.45) is 0 Å². The minimum absolute atomic E-state index is 0.506. The van der Waals surface area contributed by atoms with Crippen molar-refractivity contribution < 1.29 is 0 Å². The number of hydrogen-bond acceptors (Lipinski definition) is 4. The van der Waals surface area contributed by atoms with Gasteiger partial charge in [0.1, 0.15) is 0 Å². The minimum Gasteiger partial charge on any atom is -0.398 e. The number of nitrogen functional groups attached to an aromatic ring is 1. The first-order valence-electron chi connectivity index (χ1n) is 6.62. The number of aryl methyl sites for hydroxylation is 1. The van der Waals surface area contributed by atoms with Gasteiger partial charge in [0.05, 0.1) is 16.4 Å². The molecule has 3 aromatic rings. The number of hydrogen-bond donors (Lipinski definition) is 1. The van der Waals surface area contributed by atoms with Crippen molar-refractivity contribution in [3.8, 4) is 17.1 Å². The lowest BCUT2D eigenvalue weighted by Gasteiger charge is -2.07. The number of benzene rings is 2. The zero-order valence-corrected chi connectivity index (χ0v) is 12.2. The fourth-order valence-electron chi connectivity index (χ4n) is 2.13. The van der Waals surface area contributed by atoms with Crippen molar-refractivity contribution in [2.75, 3.05) is 5.73 Å². The van der Waals surface area contributed by atoms with Gasteiger partial charge in [-0.25, -0.2) is 0 Å². The van der Waals surface area contributed by atoms with Gasteiger partial charge < -0.3 is 5.73 Å². The van der Waals surface area contributed by atoms with Gasteiger partial charge in [0.15, 0.2) is 5.82 Å². The number of rotatable bonds is 3. The average Bonchev–Trinajstić information content (AvgIpc) is 2.99. The highest BCUT2D eigenvalue weighted by molar-refractivity contribution is 6.33. The molecule has 2 aromatic carbocycles. The predicted octanol–water partition coefficient (Wildman–Crippen LogP) is 3.13. The summed E-state index contributed by atoms with van der Waals surface area (Å²) in [6.07, 6.45) is 0.958. The fraction of sp³-hybridized carbons (Fsp3) is 0.133. The number of aromatic nitrogens is 4. The Morgan fingerprint density at radius 2 is 2.05 bits per heavy atom. The van der Waals surface area contributed by atoms with Crippen LogP contribution in [0.4, 0.5) is 5.69 Å². The number of anilines is 1. The van der Waals surface area contributed by atoms with E-state index < -0.39 is 0 Å². The maximum absolute atomic E-state index is 5.95. The fourth-order valence-corrected chi connectivity index (χ4v) is 2.25. The van der Waals surface area contributed by atoms with Crippen molar-refractivity contribution >= 4 is 17.3 Å². The van der Waals surface area contributed by atoms with E-state index in [4.69, 9.17) is 17.3 Å². The van der Waals surface area contributed by atoms with Crippen molar-refractivity contribution in [3.05, 3.63) is 53.1 Å². The molecule has 3 rings (SSSR count). The molecule has 0 saturated heterocycles. The first-order valence-corrected chi connectivity index (χ1v) is 7.00. The Kier molecular flexibility index (Phi) is 3.58. The van der Waals surface area contributed by atoms with E-state index in [1.54, 1.807) is 16.8 Å². The van der Waals surface area contributed by atoms with Crippen LogP contribution in [-0.2, 0) is 6.42 Å². The zero-order valence-electron chi connectivity index (χ0n) is 11.5. The maximum atomic E-state index is 5.95. The zero-order chi connectivity index (χ0) is 14.8. The summed E-state index contributed by atoms with van der Waals surface area (Å²) in [4.78, 5) is 0. The van der Waals surface area contributed by atoms with E-state index in [0.29, 0.717) is 16.5 Å². The maximum Gasteiger partial charge on any atom is 0.187 e. The van der Waals surface area contributed by atoms with Crippen LogP contribution in [0, 0.1) is 0 Å². The van der Waals surface area contributed by atoms with Crippen molar-refractivity contribution in [3.63, 3.8) is 0 Å². The quantitative estimate of drug-likeness (QED) is 0.754. The Morgan fingerprint density at radius 3 is 2.81 bits per heavy atom. The van der Waals surface area contributed by atoms with Crippen LogP contribution >= 0.6 is 11.6 Å². The first-order chi connectivity index (χ1) is 10.2. The van der Waals surface area contributed by atoms with Crippen LogP contribution in [0.1, 0.15) is 12.5 Å². The normalized spacial score (nSPS) is 10.8. The van der Waals surface area contributed by atoms with Crippen LogP contribution in [-0.4, -0.2) is 20.2 Å². The number of nitrogens with two attached hydrogens (primary N) is 1. The molecule has 5 nitrogen and oxygen atoms in total. The van der Waals surface area contributed by atoms with Crippen LogP contribution in [0.3, 0.4) is 0 Å². The third-order valence-electron chi connectivity index (χ3n) is 3.29. The monoisotopic (exact) mass is 299 g/mol. The first kappa shape index (κ1) is 13.6. The van der Waals surface area contributed by atoms with Crippen LogP contribution in [0.15, 0.2) is 42.5 Å². The lowest BCUT2D eigenvalue weighted by Crippen LogP contribution is -2.01. The van der Waals surface area contributed by atoms with Gasteiger partial charge in [-0.05, 0) is 52.7 Å². The van der Waals surface area contributed by atoms with E-state index in [-0.39, 0.29) is 0 Å². The second-order valence-corrected chi connectivity index (χ2v) is 5.08. The van der Waals surface area contributed by atoms with Gasteiger partial charge >= 0.3 is 0 Å². The van der Waals surface area contributed by atoms with Gasteiger partial charge in [0, 0.05) is 5.56 Å². The van der Waals surface area contributed by atoms with Crippen molar-refractivity contribution in [1.29, 1.82) is 0 Å². The molecular weight excluding hydrogens is 286 g/mol. The summed E-state index contributed by atoms with van der Waals surface area (Å²) in [7, 11) is 0. The van der Waals surface area contributed by atoms with Crippen LogP contribution in [0.5, 0.6) is 0 Å². The van der Waals surface area contributed by atoms with Crippen LogP contribution in [0.2, 0.25) is 5.02 Å². The van der Waals surface area contributed by atoms with E-state index in [1.807, 2.05) is 18.2 Å². The van der Waals surface area contributed by atoms with Crippen LogP contribution < -0.4 is 5.73 Å². The number of tetrazole rings is 1. The van der Waals surface area contributed by atoms with E-state index in [1.165, 1.54) is 5.56 Å². The van der Waals surface area contributed by atoms with E-state index in [0.717, 1.165) is 17.7 Å². The SMILES string of the molecule is CCc1cccc(-n2nnnc2-c2ccc(Cl)c(N)c2)c1. The van der Waals surface area contributed by atoms with E-state index in [2.05, 4.69) is 34.6 Å². The molecule has 6 heteroatoms. The molecule has 21 heavy (non-hydrogen) atoms. The summed E-state index contributed by atoms with van der Waals surface area (Å²) >= 11 is 5.95. The van der Waals surface area contributed by atoms with E-state index >= 15 is 0 Å². The van der Waals surface area contributed by atoms with Crippen LogP contribution in [0.25, 0.3) is 17.1 Å². The smallest absolute Gasteiger partial charge is 0.187 e. The summed E-state index contributed by atoms with van der Waals surface area (Å²) in [5, 5.41) is 12.5. The molecule has 106 valence electrons.